The Balaban J connectivity index is 0.00000115. The van der Waals surface area contributed by atoms with Gasteiger partial charge in [0.05, 0.1) is 17.9 Å². The first-order chi connectivity index (χ1) is 9.16. The van der Waals surface area contributed by atoms with Gasteiger partial charge in [-0.25, -0.2) is 0 Å². The number of rotatable bonds is 3. The van der Waals surface area contributed by atoms with Crippen molar-refractivity contribution in [1.82, 2.24) is 0 Å². The van der Waals surface area contributed by atoms with Gasteiger partial charge in [-0.1, -0.05) is 0 Å². The minimum absolute atomic E-state index is 0. The van der Waals surface area contributed by atoms with Crippen molar-refractivity contribution in [2.75, 3.05) is 25.5 Å². The topological polar surface area (TPSA) is 40.3 Å². The minimum Gasteiger partial charge on any atom is -0.378 e. The maximum absolute atomic E-state index is 4.21. The quantitative estimate of drug-likeness (QED) is 0.346. The van der Waals surface area contributed by atoms with Gasteiger partial charge in [-0.15, -0.1) is 0 Å². The van der Waals surface area contributed by atoms with Gasteiger partial charge in [-0.05, 0) is 36.8 Å². The maximum atomic E-state index is 4.21. The molecular formula is C13H16BI2N4. The van der Waals surface area contributed by atoms with E-state index in [2.05, 4.69) is 57.4 Å². The highest BCUT2D eigenvalue weighted by Gasteiger charge is 2.04. The molecule has 1 aliphatic heterocycles. The molecule has 0 N–H and O–H groups in total. The molecular weight excluding hydrogens is 477 g/mol. The molecule has 0 fully saturated rings. The van der Waals surface area contributed by atoms with Crippen LogP contribution < -0.4 is 4.90 Å². The molecule has 0 aliphatic carbocycles. The van der Waals surface area contributed by atoms with E-state index >= 15 is 0 Å². The lowest BCUT2D eigenvalue weighted by atomic mass is 10.3. The Morgan fingerprint density at radius 3 is 2.15 bits per heavy atom. The largest absolute Gasteiger partial charge is 0.378 e. The molecule has 3 radical (unpaired) electrons. The second kappa shape index (κ2) is 10.3. The number of allylic oxidation sites excluding steroid dienone is 1. The highest BCUT2D eigenvalue weighted by molar-refractivity contribution is 15.0. The third kappa shape index (κ3) is 5.90. The summed E-state index contributed by atoms with van der Waals surface area (Å²) >= 11 is 4.24. The van der Waals surface area contributed by atoms with Crippen LogP contribution in [-0.4, -0.2) is 35.3 Å². The standard InChI is InChI=1S/C13H16N4.B.I2/c1-10-8-14-9-13(10)16-15-11-4-6-12(7-5-11)17(2)3;;1-2/h4-8H,9H2,1-3H3;;. The van der Waals surface area contributed by atoms with E-state index in [9.17, 15) is 0 Å². The van der Waals surface area contributed by atoms with Crippen molar-refractivity contribution in [2.24, 2.45) is 15.2 Å². The first kappa shape index (κ1) is 19.6. The summed E-state index contributed by atoms with van der Waals surface area (Å²) in [7, 11) is 4.03. The van der Waals surface area contributed by atoms with Crippen molar-refractivity contribution < 1.29 is 0 Å². The van der Waals surface area contributed by atoms with Crippen LogP contribution in [0.25, 0.3) is 0 Å². The van der Waals surface area contributed by atoms with Gasteiger partial charge in [-0.3, -0.25) is 4.99 Å². The zero-order valence-corrected chi connectivity index (χ0v) is 16.0. The Labute approximate surface area is 145 Å². The Kier molecular flexibility index (Phi) is 10.1. The molecule has 105 valence electrons. The zero-order chi connectivity index (χ0) is 14.3. The van der Waals surface area contributed by atoms with Crippen LogP contribution >= 0.6 is 37.2 Å². The van der Waals surface area contributed by atoms with Crippen LogP contribution in [0, 0.1) is 0 Å². The highest BCUT2D eigenvalue weighted by Crippen LogP contribution is 2.20. The molecule has 1 aromatic carbocycles. The molecule has 2 rings (SSSR count). The van der Waals surface area contributed by atoms with E-state index in [-0.39, 0.29) is 8.41 Å². The summed E-state index contributed by atoms with van der Waals surface area (Å²) in [6, 6.07) is 7.98. The lowest BCUT2D eigenvalue weighted by Crippen LogP contribution is -2.07. The Bertz CT molecular complexity index is 496. The summed E-state index contributed by atoms with van der Waals surface area (Å²) in [4.78, 5) is 6.19. The molecule has 1 aliphatic rings. The lowest BCUT2D eigenvalue weighted by Gasteiger charge is -2.11. The molecule has 0 amide bonds. The monoisotopic (exact) mass is 493 g/mol. The molecule has 0 aromatic heterocycles. The molecule has 1 aromatic rings. The fourth-order valence-electron chi connectivity index (χ4n) is 1.51. The fraction of sp³-hybridized carbons (Fsp3) is 0.308. The van der Waals surface area contributed by atoms with Gasteiger partial charge < -0.3 is 4.90 Å². The van der Waals surface area contributed by atoms with Crippen molar-refractivity contribution in [3.8, 4) is 0 Å². The fourth-order valence-corrected chi connectivity index (χ4v) is 1.51. The predicted molar refractivity (Wildman–Crippen MR) is 105 cm³/mol. The molecule has 7 heteroatoms. The molecule has 0 atom stereocenters. The molecule has 20 heavy (non-hydrogen) atoms. The summed E-state index contributed by atoms with van der Waals surface area (Å²) in [5.41, 5.74) is 4.06. The highest BCUT2D eigenvalue weighted by atomic mass is 128. The van der Waals surface area contributed by atoms with Crippen LogP contribution in [0.1, 0.15) is 6.92 Å². The summed E-state index contributed by atoms with van der Waals surface area (Å²) in [6.07, 6.45) is 1.84. The van der Waals surface area contributed by atoms with Crippen LogP contribution in [0.15, 0.2) is 50.8 Å². The number of nitrogens with zero attached hydrogens (tertiary/aromatic N) is 4. The molecule has 1 heterocycles. The molecule has 0 bridgehead atoms. The van der Waals surface area contributed by atoms with Gasteiger partial charge >= 0.3 is 0 Å². The second-order valence-corrected chi connectivity index (χ2v) is 4.21. The van der Waals surface area contributed by atoms with Crippen molar-refractivity contribution >= 4 is 63.2 Å². The third-order valence-electron chi connectivity index (χ3n) is 2.63. The zero-order valence-electron chi connectivity index (χ0n) is 11.7. The average Bonchev–Trinajstić information content (AvgIpc) is 2.85. The molecule has 0 unspecified atom stereocenters. The summed E-state index contributed by atoms with van der Waals surface area (Å²) in [5, 5.41) is 8.42. The smallest absolute Gasteiger partial charge is 0.0889 e. The first-order valence-corrected chi connectivity index (χ1v) is 12.0. The van der Waals surface area contributed by atoms with E-state index in [4.69, 9.17) is 0 Å². The Morgan fingerprint density at radius 2 is 1.70 bits per heavy atom. The van der Waals surface area contributed by atoms with E-state index in [0.717, 1.165) is 22.6 Å². The van der Waals surface area contributed by atoms with E-state index in [0.29, 0.717) is 6.54 Å². The van der Waals surface area contributed by atoms with Crippen molar-refractivity contribution in [3.05, 3.63) is 35.5 Å². The van der Waals surface area contributed by atoms with Gasteiger partial charge in [0.25, 0.3) is 0 Å². The van der Waals surface area contributed by atoms with Crippen LogP contribution in [0.2, 0.25) is 0 Å². The Hall–Kier alpha value is -0.445. The lowest BCUT2D eigenvalue weighted by molar-refractivity contribution is 1.05. The van der Waals surface area contributed by atoms with E-state index in [1.807, 2.05) is 51.5 Å². The second-order valence-electron chi connectivity index (χ2n) is 4.21. The SMILES string of the molecule is CC1=C(N=Nc2ccc(N(C)C)cc2)CN=C1.II.[B]. The molecule has 0 saturated carbocycles. The molecule has 0 spiro atoms. The van der Waals surface area contributed by atoms with Gasteiger partial charge in [0.1, 0.15) is 0 Å². The summed E-state index contributed by atoms with van der Waals surface area (Å²) in [5.74, 6) is 0. The van der Waals surface area contributed by atoms with Crippen LogP contribution in [0.3, 0.4) is 0 Å². The van der Waals surface area contributed by atoms with E-state index in [1.165, 1.54) is 0 Å². The number of azo groups is 1. The van der Waals surface area contributed by atoms with Gasteiger partial charge in [0.15, 0.2) is 0 Å². The van der Waals surface area contributed by atoms with Crippen LogP contribution in [0.4, 0.5) is 11.4 Å². The average molecular weight is 493 g/mol. The van der Waals surface area contributed by atoms with Gasteiger partial charge in [0.2, 0.25) is 0 Å². The van der Waals surface area contributed by atoms with E-state index in [1.54, 1.807) is 0 Å². The number of hydrogen-bond acceptors (Lipinski definition) is 4. The maximum Gasteiger partial charge on any atom is 0.0889 e. The van der Waals surface area contributed by atoms with Crippen molar-refractivity contribution in [1.29, 1.82) is 0 Å². The van der Waals surface area contributed by atoms with Crippen molar-refractivity contribution in [2.45, 2.75) is 6.92 Å². The van der Waals surface area contributed by atoms with Gasteiger partial charge in [-0.2, -0.15) is 10.2 Å². The molecule has 0 saturated heterocycles. The van der Waals surface area contributed by atoms with Crippen LogP contribution in [-0.2, 0) is 0 Å². The van der Waals surface area contributed by atoms with Gasteiger partial charge in [0, 0.05) is 71.6 Å². The van der Waals surface area contributed by atoms with Crippen LogP contribution in [0.5, 0.6) is 0 Å². The number of anilines is 1. The number of aliphatic imine (C=N–C) groups is 1. The van der Waals surface area contributed by atoms with Crippen molar-refractivity contribution in [3.63, 3.8) is 0 Å². The number of hydrogen-bond donors (Lipinski definition) is 0. The number of benzene rings is 1. The summed E-state index contributed by atoms with van der Waals surface area (Å²) < 4.78 is 0. The predicted octanol–water partition coefficient (Wildman–Crippen LogP) is 4.59. The molecule has 4 nitrogen and oxygen atoms in total. The number of halogens is 2. The first-order valence-electron chi connectivity index (χ1n) is 5.70. The van der Waals surface area contributed by atoms with E-state index < -0.39 is 0 Å². The third-order valence-corrected chi connectivity index (χ3v) is 2.63. The minimum atomic E-state index is 0. The summed E-state index contributed by atoms with van der Waals surface area (Å²) in [6.45, 7) is 2.64. The Morgan fingerprint density at radius 1 is 1.10 bits per heavy atom. The normalized spacial score (nSPS) is 13.1.